The van der Waals surface area contributed by atoms with Crippen molar-refractivity contribution < 1.29 is 9.53 Å². The van der Waals surface area contributed by atoms with Gasteiger partial charge in [0.2, 0.25) is 5.91 Å². The van der Waals surface area contributed by atoms with Gasteiger partial charge in [-0.25, -0.2) is 4.68 Å². The monoisotopic (exact) mass is 411 g/mol. The number of nitrogens with zero attached hydrogens (tertiary/aromatic N) is 2. The molecule has 6 nitrogen and oxygen atoms in total. The molecule has 1 heterocycles. The fourth-order valence-corrected chi connectivity index (χ4v) is 3.05. The van der Waals surface area contributed by atoms with E-state index >= 15 is 0 Å². The number of carbonyl (C=O) groups is 1. The molecule has 154 valence electrons. The topological polar surface area (TPSA) is 73.2 Å². The highest BCUT2D eigenvalue weighted by atomic mass is 16.5. The van der Waals surface area contributed by atoms with E-state index in [0.717, 1.165) is 11.3 Å². The van der Waals surface area contributed by atoms with Gasteiger partial charge in [0, 0.05) is 17.3 Å². The lowest BCUT2D eigenvalue weighted by atomic mass is 10.1. The number of para-hydroxylation sites is 1. The van der Waals surface area contributed by atoms with Gasteiger partial charge in [-0.1, -0.05) is 48.5 Å². The highest BCUT2D eigenvalue weighted by molar-refractivity contribution is 5.93. The number of nitrogens with one attached hydrogen (secondary N) is 1. The number of anilines is 1. The van der Waals surface area contributed by atoms with Crippen molar-refractivity contribution in [3.8, 4) is 22.8 Å². The van der Waals surface area contributed by atoms with Crippen molar-refractivity contribution in [1.82, 2.24) is 9.78 Å². The largest absolute Gasteiger partial charge is 0.457 e. The summed E-state index contributed by atoms with van der Waals surface area (Å²) in [5.41, 5.74) is 1.76. The van der Waals surface area contributed by atoms with E-state index < -0.39 is 6.04 Å². The van der Waals surface area contributed by atoms with Gasteiger partial charge in [0.05, 0.1) is 5.69 Å². The molecule has 1 N–H and O–H groups in total. The van der Waals surface area contributed by atoms with Crippen LogP contribution >= 0.6 is 0 Å². The zero-order valence-corrected chi connectivity index (χ0v) is 16.9. The first-order valence-electron chi connectivity index (χ1n) is 9.89. The first-order valence-corrected chi connectivity index (χ1v) is 9.89. The number of hydrogen-bond donors (Lipinski definition) is 1. The Balaban J connectivity index is 1.47. The van der Waals surface area contributed by atoms with E-state index in [0.29, 0.717) is 17.1 Å². The van der Waals surface area contributed by atoms with Gasteiger partial charge in [-0.3, -0.25) is 9.59 Å². The standard InChI is InChI=1S/C25H21N3O3/c1-18(28-24(29)17-16-23(27-28)19-8-4-2-5-9-19)25(30)26-20-12-14-22(15-13-20)31-21-10-6-3-7-11-21/h2-18H,1H3,(H,26,30). The molecular weight excluding hydrogens is 390 g/mol. The molecule has 1 aromatic heterocycles. The maximum atomic E-state index is 12.7. The lowest BCUT2D eigenvalue weighted by molar-refractivity contribution is -0.119. The number of amides is 1. The molecule has 0 saturated heterocycles. The summed E-state index contributed by atoms with van der Waals surface area (Å²) >= 11 is 0. The van der Waals surface area contributed by atoms with Crippen LogP contribution in [0.3, 0.4) is 0 Å². The molecule has 1 amide bonds. The van der Waals surface area contributed by atoms with E-state index in [-0.39, 0.29) is 11.5 Å². The Morgan fingerprint density at radius 2 is 1.45 bits per heavy atom. The fraction of sp³-hybridized carbons (Fsp3) is 0.0800. The van der Waals surface area contributed by atoms with Crippen LogP contribution in [0.15, 0.2) is 102 Å². The second-order valence-corrected chi connectivity index (χ2v) is 6.97. The van der Waals surface area contributed by atoms with Crippen molar-refractivity contribution in [2.75, 3.05) is 5.32 Å². The minimum absolute atomic E-state index is 0.337. The number of ether oxygens (including phenoxy) is 1. The van der Waals surface area contributed by atoms with Crippen molar-refractivity contribution in [3.05, 3.63) is 107 Å². The maximum absolute atomic E-state index is 12.7. The first kappa shape index (κ1) is 20.1. The van der Waals surface area contributed by atoms with E-state index in [9.17, 15) is 9.59 Å². The van der Waals surface area contributed by atoms with Gasteiger partial charge >= 0.3 is 0 Å². The predicted octanol–water partition coefficient (Wildman–Crippen LogP) is 4.90. The summed E-state index contributed by atoms with van der Waals surface area (Å²) in [6.45, 7) is 1.64. The van der Waals surface area contributed by atoms with Gasteiger partial charge in [-0.2, -0.15) is 5.10 Å². The number of carbonyl (C=O) groups excluding carboxylic acids is 1. The zero-order chi connectivity index (χ0) is 21.6. The van der Waals surface area contributed by atoms with Gasteiger partial charge in [0.15, 0.2) is 0 Å². The third kappa shape index (κ3) is 4.87. The molecular formula is C25H21N3O3. The second kappa shape index (κ2) is 9.09. The van der Waals surface area contributed by atoms with E-state index in [2.05, 4.69) is 10.4 Å². The summed E-state index contributed by atoms with van der Waals surface area (Å²) in [4.78, 5) is 25.1. The van der Waals surface area contributed by atoms with Crippen LogP contribution in [0.4, 0.5) is 5.69 Å². The predicted molar refractivity (Wildman–Crippen MR) is 120 cm³/mol. The Hall–Kier alpha value is -4.19. The molecule has 0 spiro atoms. The van der Waals surface area contributed by atoms with Crippen LogP contribution in [-0.4, -0.2) is 15.7 Å². The van der Waals surface area contributed by atoms with E-state index in [1.807, 2.05) is 60.7 Å². The average Bonchev–Trinajstić information content (AvgIpc) is 2.81. The smallest absolute Gasteiger partial charge is 0.267 e. The molecule has 4 rings (SSSR count). The molecule has 31 heavy (non-hydrogen) atoms. The van der Waals surface area contributed by atoms with E-state index in [1.54, 1.807) is 37.3 Å². The summed E-state index contributed by atoms with van der Waals surface area (Å²) in [5, 5.41) is 7.21. The van der Waals surface area contributed by atoms with Gasteiger partial charge in [0.1, 0.15) is 17.5 Å². The van der Waals surface area contributed by atoms with Gasteiger partial charge in [-0.15, -0.1) is 0 Å². The quantitative estimate of drug-likeness (QED) is 0.490. The molecule has 0 saturated carbocycles. The van der Waals surface area contributed by atoms with Crippen molar-refractivity contribution in [3.63, 3.8) is 0 Å². The minimum atomic E-state index is -0.781. The molecule has 0 bridgehead atoms. The molecule has 0 aliphatic heterocycles. The Kier molecular flexibility index (Phi) is 5.89. The van der Waals surface area contributed by atoms with Crippen molar-refractivity contribution in [2.24, 2.45) is 0 Å². The number of benzene rings is 3. The summed E-state index contributed by atoms with van der Waals surface area (Å²) < 4.78 is 6.96. The fourth-order valence-electron chi connectivity index (χ4n) is 3.05. The highest BCUT2D eigenvalue weighted by Crippen LogP contribution is 2.23. The molecule has 0 aliphatic carbocycles. The van der Waals surface area contributed by atoms with Crippen LogP contribution in [0, 0.1) is 0 Å². The van der Waals surface area contributed by atoms with Crippen molar-refractivity contribution in [2.45, 2.75) is 13.0 Å². The molecule has 4 aromatic rings. The first-order chi connectivity index (χ1) is 15.1. The summed E-state index contributed by atoms with van der Waals surface area (Å²) in [6, 6.07) is 28.3. The van der Waals surface area contributed by atoms with Crippen LogP contribution in [0.2, 0.25) is 0 Å². The number of aromatic nitrogens is 2. The highest BCUT2D eigenvalue weighted by Gasteiger charge is 2.18. The van der Waals surface area contributed by atoms with Crippen LogP contribution in [0.5, 0.6) is 11.5 Å². The Morgan fingerprint density at radius 3 is 2.13 bits per heavy atom. The van der Waals surface area contributed by atoms with Crippen LogP contribution < -0.4 is 15.6 Å². The molecule has 1 atom stereocenters. The lowest BCUT2D eigenvalue weighted by Gasteiger charge is -2.15. The Labute approximate surface area is 179 Å². The van der Waals surface area contributed by atoms with Gasteiger partial charge in [-0.05, 0) is 49.4 Å². The third-order valence-corrected chi connectivity index (χ3v) is 4.74. The Morgan fingerprint density at radius 1 is 0.839 bits per heavy atom. The minimum Gasteiger partial charge on any atom is -0.457 e. The van der Waals surface area contributed by atoms with Crippen LogP contribution in [0.1, 0.15) is 13.0 Å². The number of hydrogen-bond acceptors (Lipinski definition) is 4. The van der Waals surface area contributed by atoms with Crippen molar-refractivity contribution in [1.29, 1.82) is 0 Å². The number of rotatable bonds is 6. The van der Waals surface area contributed by atoms with Gasteiger partial charge < -0.3 is 10.1 Å². The van der Waals surface area contributed by atoms with Gasteiger partial charge in [0.25, 0.3) is 5.56 Å². The molecule has 3 aromatic carbocycles. The second-order valence-electron chi connectivity index (χ2n) is 6.97. The lowest BCUT2D eigenvalue weighted by Crippen LogP contribution is -2.33. The normalized spacial score (nSPS) is 11.5. The SMILES string of the molecule is CC(C(=O)Nc1ccc(Oc2ccccc2)cc1)n1nc(-c2ccccc2)ccc1=O. The van der Waals surface area contributed by atoms with Crippen LogP contribution in [-0.2, 0) is 4.79 Å². The maximum Gasteiger partial charge on any atom is 0.267 e. The summed E-state index contributed by atoms with van der Waals surface area (Å²) in [7, 11) is 0. The van der Waals surface area contributed by atoms with Crippen LogP contribution in [0.25, 0.3) is 11.3 Å². The molecule has 0 aliphatic rings. The van der Waals surface area contributed by atoms with E-state index in [4.69, 9.17) is 4.74 Å². The summed E-state index contributed by atoms with van der Waals surface area (Å²) in [6.07, 6.45) is 0. The average molecular weight is 411 g/mol. The molecule has 1 unspecified atom stereocenters. The Bertz CT molecular complexity index is 1220. The third-order valence-electron chi connectivity index (χ3n) is 4.74. The van der Waals surface area contributed by atoms with E-state index in [1.165, 1.54) is 10.7 Å². The molecule has 0 fully saturated rings. The zero-order valence-electron chi connectivity index (χ0n) is 16.9. The van der Waals surface area contributed by atoms with Crippen molar-refractivity contribution >= 4 is 11.6 Å². The molecule has 0 radical (unpaired) electrons. The summed E-state index contributed by atoms with van der Waals surface area (Å²) in [5.74, 6) is 1.05. The molecule has 6 heteroatoms.